The van der Waals surface area contributed by atoms with Crippen molar-refractivity contribution in [2.24, 2.45) is 5.92 Å². The van der Waals surface area contributed by atoms with E-state index in [0.717, 1.165) is 24.7 Å². The maximum absolute atomic E-state index is 5.89. The van der Waals surface area contributed by atoms with Crippen molar-refractivity contribution in [2.75, 3.05) is 6.61 Å². The highest BCUT2D eigenvalue weighted by molar-refractivity contribution is 5.64. The number of ether oxygens (including phenoxy) is 1. The van der Waals surface area contributed by atoms with Gasteiger partial charge in [0.05, 0.1) is 6.61 Å². The van der Waals surface area contributed by atoms with E-state index in [-0.39, 0.29) is 0 Å². The summed E-state index contributed by atoms with van der Waals surface area (Å²) in [6.07, 6.45) is 11.5. The molecule has 1 unspecified atom stereocenters. The van der Waals surface area contributed by atoms with Gasteiger partial charge >= 0.3 is 0 Å². The maximum atomic E-state index is 5.89. The van der Waals surface area contributed by atoms with Gasteiger partial charge in [-0.1, -0.05) is 95.7 Å². The number of benzene rings is 2. The first-order valence-corrected chi connectivity index (χ1v) is 11.0. The minimum atomic E-state index is 0.813. The highest BCUT2D eigenvalue weighted by atomic mass is 16.5. The predicted molar refractivity (Wildman–Crippen MR) is 119 cm³/mol. The van der Waals surface area contributed by atoms with Crippen molar-refractivity contribution in [2.45, 2.75) is 78.6 Å². The van der Waals surface area contributed by atoms with Crippen molar-refractivity contribution in [1.82, 2.24) is 0 Å². The molecule has 0 saturated carbocycles. The van der Waals surface area contributed by atoms with Crippen LogP contribution in [-0.2, 0) is 6.42 Å². The van der Waals surface area contributed by atoms with Gasteiger partial charge in [0.15, 0.2) is 0 Å². The zero-order valence-corrected chi connectivity index (χ0v) is 17.7. The average Bonchev–Trinajstić information content (AvgIpc) is 2.72. The van der Waals surface area contributed by atoms with Crippen LogP contribution in [0.1, 0.15) is 77.7 Å². The van der Waals surface area contributed by atoms with Crippen molar-refractivity contribution < 1.29 is 4.74 Å². The summed E-state index contributed by atoms with van der Waals surface area (Å²) < 4.78 is 5.89. The Hall–Kier alpha value is -1.76. The monoisotopic (exact) mass is 366 g/mol. The highest BCUT2D eigenvalue weighted by Crippen LogP contribution is 2.24. The molecular weight excluding hydrogens is 328 g/mol. The first-order valence-electron chi connectivity index (χ1n) is 11.0. The van der Waals surface area contributed by atoms with Gasteiger partial charge in [0.25, 0.3) is 0 Å². The fraction of sp³-hybridized carbons (Fsp3) is 0.538. The Balaban J connectivity index is 1.75. The molecule has 0 spiro atoms. The van der Waals surface area contributed by atoms with Crippen LogP contribution >= 0.6 is 0 Å². The van der Waals surface area contributed by atoms with Crippen LogP contribution in [0.3, 0.4) is 0 Å². The van der Waals surface area contributed by atoms with Gasteiger partial charge in [-0.15, -0.1) is 0 Å². The average molecular weight is 367 g/mol. The number of aryl methyl sites for hydroxylation is 1. The molecule has 1 nitrogen and oxygen atoms in total. The lowest BCUT2D eigenvalue weighted by molar-refractivity contribution is 0.304. The van der Waals surface area contributed by atoms with Gasteiger partial charge in [0.1, 0.15) is 5.75 Å². The molecule has 2 aromatic rings. The summed E-state index contributed by atoms with van der Waals surface area (Å²) in [5.41, 5.74) is 3.98. The van der Waals surface area contributed by atoms with Gasteiger partial charge in [-0.2, -0.15) is 0 Å². The number of unbranched alkanes of at least 4 members (excludes halogenated alkanes) is 5. The van der Waals surface area contributed by atoms with E-state index in [0.29, 0.717) is 0 Å². The molecule has 1 heteroatoms. The minimum absolute atomic E-state index is 0.813. The Kier molecular flexibility index (Phi) is 10.0. The molecule has 0 aliphatic heterocycles. The molecule has 0 radical (unpaired) electrons. The molecule has 2 aromatic carbocycles. The molecule has 148 valence electrons. The van der Waals surface area contributed by atoms with Crippen LogP contribution in [0.15, 0.2) is 48.5 Å². The third kappa shape index (κ3) is 8.20. The van der Waals surface area contributed by atoms with Crippen LogP contribution in [0.25, 0.3) is 11.1 Å². The van der Waals surface area contributed by atoms with Crippen LogP contribution in [0.5, 0.6) is 5.75 Å². The summed E-state index contributed by atoms with van der Waals surface area (Å²) in [5.74, 6) is 1.80. The largest absolute Gasteiger partial charge is 0.494 e. The maximum Gasteiger partial charge on any atom is 0.119 e. The van der Waals surface area contributed by atoms with Crippen LogP contribution < -0.4 is 4.74 Å². The quantitative estimate of drug-likeness (QED) is 0.326. The highest BCUT2D eigenvalue weighted by Gasteiger charge is 2.02. The van der Waals surface area contributed by atoms with Crippen molar-refractivity contribution in [3.05, 3.63) is 54.1 Å². The molecule has 0 amide bonds. The molecular formula is C26H38O. The third-order valence-corrected chi connectivity index (χ3v) is 5.53. The minimum Gasteiger partial charge on any atom is -0.494 e. The molecule has 0 saturated heterocycles. The molecule has 0 bridgehead atoms. The standard InChI is InChI=1S/C26H38O/c1-4-6-7-8-9-10-21-27-26-19-17-25(18-20-26)24-15-13-23(14-16-24)12-11-22(3)5-2/h13-20,22H,4-12,21H2,1-3H3. The Morgan fingerprint density at radius 2 is 1.33 bits per heavy atom. The fourth-order valence-corrected chi connectivity index (χ4v) is 3.30. The molecule has 0 heterocycles. The van der Waals surface area contributed by atoms with Gasteiger partial charge in [-0.3, -0.25) is 0 Å². The van der Waals surface area contributed by atoms with Crippen molar-refractivity contribution in [3.8, 4) is 16.9 Å². The number of rotatable bonds is 13. The molecule has 2 rings (SSSR count). The van der Waals surface area contributed by atoms with Crippen LogP contribution in [0, 0.1) is 5.92 Å². The Bertz CT molecular complexity index is 612. The SMILES string of the molecule is CCCCCCCCOc1ccc(-c2ccc(CCC(C)CC)cc2)cc1. The van der Waals surface area contributed by atoms with Crippen LogP contribution in [0.2, 0.25) is 0 Å². The van der Waals surface area contributed by atoms with Gasteiger partial charge in [-0.05, 0) is 54.0 Å². The van der Waals surface area contributed by atoms with E-state index in [9.17, 15) is 0 Å². The van der Waals surface area contributed by atoms with Crippen molar-refractivity contribution in [1.29, 1.82) is 0 Å². The third-order valence-electron chi connectivity index (χ3n) is 5.53. The second-order valence-corrected chi connectivity index (χ2v) is 7.89. The first kappa shape index (κ1) is 21.5. The van der Waals surface area contributed by atoms with E-state index in [1.165, 1.54) is 68.1 Å². The van der Waals surface area contributed by atoms with E-state index in [1.807, 2.05) is 0 Å². The number of hydrogen-bond acceptors (Lipinski definition) is 1. The van der Waals surface area contributed by atoms with E-state index < -0.39 is 0 Å². The second-order valence-electron chi connectivity index (χ2n) is 7.89. The molecule has 0 fully saturated rings. The van der Waals surface area contributed by atoms with Crippen LogP contribution in [-0.4, -0.2) is 6.61 Å². The van der Waals surface area contributed by atoms with Crippen molar-refractivity contribution in [3.63, 3.8) is 0 Å². The lowest BCUT2D eigenvalue weighted by atomic mass is 9.97. The molecule has 27 heavy (non-hydrogen) atoms. The molecule has 1 atom stereocenters. The smallest absolute Gasteiger partial charge is 0.119 e. The predicted octanol–water partition coefficient (Wildman–Crippen LogP) is 8.07. The topological polar surface area (TPSA) is 9.23 Å². The first-order chi connectivity index (χ1) is 13.2. The normalized spacial score (nSPS) is 12.1. The Labute approximate surface area is 167 Å². The van der Waals surface area contributed by atoms with E-state index in [2.05, 4.69) is 69.3 Å². The van der Waals surface area contributed by atoms with Crippen LogP contribution in [0.4, 0.5) is 0 Å². The van der Waals surface area contributed by atoms with Gasteiger partial charge in [0.2, 0.25) is 0 Å². The van der Waals surface area contributed by atoms with E-state index >= 15 is 0 Å². The van der Waals surface area contributed by atoms with Gasteiger partial charge in [-0.25, -0.2) is 0 Å². The summed E-state index contributed by atoms with van der Waals surface area (Å²) >= 11 is 0. The zero-order chi connectivity index (χ0) is 19.3. The molecule has 0 aliphatic carbocycles. The summed E-state index contributed by atoms with van der Waals surface area (Å²) in [5, 5.41) is 0. The fourth-order valence-electron chi connectivity index (χ4n) is 3.30. The molecule has 0 aliphatic rings. The molecule has 0 aromatic heterocycles. The Morgan fingerprint density at radius 1 is 0.741 bits per heavy atom. The zero-order valence-electron chi connectivity index (χ0n) is 17.7. The van der Waals surface area contributed by atoms with E-state index in [1.54, 1.807) is 0 Å². The number of hydrogen-bond donors (Lipinski definition) is 0. The van der Waals surface area contributed by atoms with Gasteiger partial charge in [0, 0.05) is 0 Å². The van der Waals surface area contributed by atoms with E-state index in [4.69, 9.17) is 4.74 Å². The lowest BCUT2D eigenvalue weighted by Gasteiger charge is -2.10. The van der Waals surface area contributed by atoms with Crippen molar-refractivity contribution >= 4 is 0 Å². The Morgan fingerprint density at radius 3 is 1.96 bits per heavy atom. The lowest BCUT2D eigenvalue weighted by Crippen LogP contribution is -1.97. The molecule has 0 N–H and O–H groups in total. The second kappa shape index (κ2) is 12.6. The summed E-state index contributed by atoms with van der Waals surface area (Å²) in [4.78, 5) is 0. The summed E-state index contributed by atoms with van der Waals surface area (Å²) in [7, 11) is 0. The summed E-state index contributed by atoms with van der Waals surface area (Å²) in [6.45, 7) is 7.70. The summed E-state index contributed by atoms with van der Waals surface area (Å²) in [6, 6.07) is 17.6. The van der Waals surface area contributed by atoms with Gasteiger partial charge < -0.3 is 4.74 Å².